The number of amides is 1. The van der Waals surface area contributed by atoms with E-state index >= 15 is 0 Å². The first-order valence-electron chi connectivity index (χ1n) is 13.8. The molecule has 1 aromatic carbocycles. The molecule has 11 heteroatoms. The lowest BCUT2D eigenvalue weighted by Crippen LogP contribution is -2.53. The fourth-order valence-corrected chi connectivity index (χ4v) is 7.12. The molecule has 0 bridgehead atoms. The van der Waals surface area contributed by atoms with Crippen molar-refractivity contribution in [3.8, 4) is 11.1 Å². The molecule has 1 unspecified atom stereocenters. The summed E-state index contributed by atoms with van der Waals surface area (Å²) >= 11 is 0. The van der Waals surface area contributed by atoms with Gasteiger partial charge in [0.1, 0.15) is 4.75 Å². The third kappa shape index (κ3) is 4.46. The lowest BCUT2D eigenvalue weighted by molar-refractivity contribution is 0.00578. The van der Waals surface area contributed by atoms with Crippen LogP contribution in [0, 0.1) is 0 Å². The normalized spacial score (nSPS) is 24.0. The number of aliphatic hydroxyl groups is 1. The van der Waals surface area contributed by atoms with Crippen molar-refractivity contribution in [2.75, 3.05) is 13.1 Å². The van der Waals surface area contributed by atoms with Crippen molar-refractivity contribution in [3.63, 3.8) is 0 Å². The van der Waals surface area contributed by atoms with Gasteiger partial charge in [-0.25, -0.2) is 17.4 Å². The highest BCUT2D eigenvalue weighted by atomic mass is 32.2. The number of carbonyl (C=O) groups is 1. The highest BCUT2D eigenvalue weighted by Gasteiger charge is 2.53. The molecular formula is C30H34BN3O6S. The van der Waals surface area contributed by atoms with Gasteiger partial charge in [0.15, 0.2) is 5.65 Å². The molecule has 0 radical (unpaired) electrons. The summed E-state index contributed by atoms with van der Waals surface area (Å²) in [5, 5.41) is 10.2. The molecule has 1 amide bonds. The minimum Gasteiger partial charge on any atom is -0.399 e. The molecule has 4 heterocycles. The smallest absolute Gasteiger partial charge is 0.399 e. The Morgan fingerprint density at radius 1 is 1.05 bits per heavy atom. The van der Waals surface area contributed by atoms with Gasteiger partial charge in [0.2, 0.25) is 10.0 Å². The van der Waals surface area contributed by atoms with Gasteiger partial charge in [-0.2, -0.15) is 0 Å². The Morgan fingerprint density at radius 2 is 1.71 bits per heavy atom. The van der Waals surface area contributed by atoms with Gasteiger partial charge in [0.05, 0.1) is 17.3 Å². The zero-order chi connectivity index (χ0) is 29.4. The van der Waals surface area contributed by atoms with Crippen LogP contribution in [0.3, 0.4) is 0 Å². The lowest BCUT2D eigenvalue weighted by atomic mass is 9.74. The fourth-order valence-electron chi connectivity index (χ4n) is 5.46. The minimum absolute atomic E-state index is 0.142. The first-order valence-corrected chi connectivity index (χ1v) is 15.2. The molecule has 2 aromatic heterocycles. The van der Waals surface area contributed by atoms with E-state index in [1.54, 1.807) is 48.5 Å². The predicted octanol–water partition coefficient (Wildman–Crippen LogP) is 3.97. The number of allylic oxidation sites excluding steroid dienone is 3. The average Bonchev–Trinajstić information content (AvgIpc) is 3.40. The summed E-state index contributed by atoms with van der Waals surface area (Å²) in [6, 6.07) is 10.7. The van der Waals surface area contributed by atoms with Crippen LogP contribution in [0.5, 0.6) is 0 Å². The van der Waals surface area contributed by atoms with E-state index in [0.29, 0.717) is 40.7 Å². The Kier molecular flexibility index (Phi) is 6.39. The van der Waals surface area contributed by atoms with Crippen LogP contribution < -0.4 is 0 Å². The Bertz CT molecular complexity index is 1690. The molecule has 2 aliphatic heterocycles. The van der Waals surface area contributed by atoms with E-state index in [1.807, 2.05) is 58.0 Å². The van der Waals surface area contributed by atoms with Crippen molar-refractivity contribution < 1.29 is 27.6 Å². The fraction of sp³-hybridized carbons (Fsp3) is 0.400. The van der Waals surface area contributed by atoms with Gasteiger partial charge < -0.3 is 19.3 Å². The van der Waals surface area contributed by atoms with Gasteiger partial charge >= 0.3 is 7.12 Å². The van der Waals surface area contributed by atoms with E-state index in [4.69, 9.17) is 9.31 Å². The van der Waals surface area contributed by atoms with Crippen LogP contribution in [0.4, 0.5) is 0 Å². The van der Waals surface area contributed by atoms with Gasteiger partial charge in [0, 0.05) is 42.0 Å². The van der Waals surface area contributed by atoms with Gasteiger partial charge in [-0.1, -0.05) is 30.4 Å². The first kappa shape index (κ1) is 27.9. The van der Waals surface area contributed by atoms with E-state index < -0.39 is 39.2 Å². The van der Waals surface area contributed by atoms with Gasteiger partial charge in [0.25, 0.3) is 5.91 Å². The molecular weight excluding hydrogens is 541 g/mol. The second kappa shape index (κ2) is 9.39. The van der Waals surface area contributed by atoms with Crippen molar-refractivity contribution in [2.24, 2.45) is 0 Å². The molecule has 3 aromatic rings. The summed E-state index contributed by atoms with van der Waals surface area (Å²) < 4.78 is 41.1. The third-order valence-electron chi connectivity index (χ3n) is 8.80. The number of pyridine rings is 1. The zero-order valence-electron chi connectivity index (χ0n) is 23.9. The Labute approximate surface area is 240 Å². The highest BCUT2D eigenvalue weighted by Crippen LogP contribution is 2.42. The molecule has 1 aliphatic carbocycles. The van der Waals surface area contributed by atoms with Gasteiger partial charge in [-0.3, -0.25) is 4.79 Å². The molecule has 214 valence electrons. The highest BCUT2D eigenvalue weighted by molar-refractivity contribution is 7.91. The molecule has 6 rings (SSSR count). The van der Waals surface area contributed by atoms with Crippen molar-refractivity contribution >= 4 is 34.1 Å². The number of aliphatic hydroxyl groups excluding tert-OH is 1. The molecule has 0 spiro atoms. The largest absolute Gasteiger partial charge is 0.494 e. The molecule has 3 aliphatic rings. The van der Waals surface area contributed by atoms with Crippen molar-refractivity contribution in [1.82, 2.24) is 13.9 Å². The summed E-state index contributed by atoms with van der Waals surface area (Å²) in [6.07, 6.45) is 8.47. The molecule has 2 fully saturated rings. The summed E-state index contributed by atoms with van der Waals surface area (Å²) in [7, 11) is -4.68. The molecule has 0 saturated carbocycles. The molecule has 9 nitrogen and oxygen atoms in total. The SMILES string of the molecule is CC1(C)OB(C2=CC(C)(S(=O)(=O)n3cc(-c4ccc(C(=O)N5CC(O)C5)cc4)c4cccnc43)CC=C2)OC1(C)C. The van der Waals surface area contributed by atoms with Crippen molar-refractivity contribution in [1.29, 1.82) is 0 Å². The Morgan fingerprint density at radius 3 is 2.34 bits per heavy atom. The molecule has 1 atom stereocenters. The maximum absolute atomic E-state index is 14.4. The number of hydrogen-bond acceptors (Lipinski definition) is 7. The van der Waals surface area contributed by atoms with Crippen molar-refractivity contribution in [3.05, 3.63) is 78.1 Å². The number of rotatable bonds is 5. The number of benzene rings is 1. The maximum atomic E-state index is 14.4. The van der Waals surface area contributed by atoms with E-state index in [-0.39, 0.29) is 12.3 Å². The molecule has 1 N–H and O–H groups in total. The number of hydrogen-bond donors (Lipinski definition) is 1. The summed E-state index contributed by atoms with van der Waals surface area (Å²) in [4.78, 5) is 18.7. The lowest BCUT2D eigenvalue weighted by Gasteiger charge is -2.35. The number of carbonyl (C=O) groups excluding carboxylic acids is 1. The van der Waals surface area contributed by atoms with Crippen LogP contribution in [0.15, 0.2) is 72.5 Å². The van der Waals surface area contributed by atoms with Crippen LogP contribution in [0.1, 0.15) is 51.4 Å². The van der Waals surface area contributed by atoms with Gasteiger partial charge in [-0.15, -0.1) is 0 Å². The van der Waals surface area contributed by atoms with Crippen LogP contribution in [0.25, 0.3) is 22.2 Å². The Hall–Kier alpha value is -3.25. The van der Waals surface area contributed by atoms with Crippen LogP contribution in [-0.4, -0.2) is 75.5 Å². The number of likely N-dealkylation sites (tertiary alicyclic amines) is 1. The van der Waals surface area contributed by atoms with Crippen LogP contribution in [0.2, 0.25) is 0 Å². The summed E-state index contributed by atoms with van der Waals surface area (Å²) in [5.74, 6) is -0.142. The second-order valence-electron chi connectivity index (χ2n) is 12.3. The third-order valence-corrected chi connectivity index (χ3v) is 11.1. The molecule has 41 heavy (non-hydrogen) atoms. The number of fused-ring (bicyclic) bond motifs is 1. The number of β-amino-alcohol motifs (C(OH)–C–C–N with tert-alkyl or cyclic N) is 1. The summed E-state index contributed by atoms with van der Waals surface area (Å²) in [6.45, 7) is 10.2. The van der Waals surface area contributed by atoms with E-state index in [9.17, 15) is 18.3 Å². The Balaban J connectivity index is 1.36. The van der Waals surface area contributed by atoms with Crippen molar-refractivity contribution in [2.45, 2.75) is 63.1 Å². The quantitative estimate of drug-likeness (QED) is 0.459. The van der Waals surface area contributed by atoms with E-state index in [1.165, 1.54) is 3.97 Å². The average molecular weight is 575 g/mol. The van der Waals surface area contributed by atoms with Crippen LogP contribution in [-0.2, 0) is 19.3 Å². The second-order valence-corrected chi connectivity index (χ2v) is 14.6. The number of aromatic nitrogens is 2. The van der Waals surface area contributed by atoms with E-state index in [0.717, 1.165) is 5.56 Å². The first-order chi connectivity index (χ1) is 19.2. The topological polar surface area (TPSA) is 111 Å². The zero-order valence-corrected chi connectivity index (χ0v) is 24.7. The maximum Gasteiger partial charge on any atom is 0.494 e. The number of nitrogens with zero attached hydrogens (tertiary/aromatic N) is 3. The van der Waals surface area contributed by atoms with E-state index in [2.05, 4.69) is 4.98 Å². The predicted molar refractivity (Wildman–Crippen MR) is 158 cm³/mol. The summed E-state index contributed by atoms with van der Waals surface area (Å²) in [5.41, 5.74) is 1.87. The van der Waals surface area contributed by atoms with Crippen LogP contribution >= 0.6 is 0 Å². The monoisotopic (exact) mass is 575 g/mol. The minimum atomic E-state index is -4.00. The molecule has 2 saturated heterocycles. The standard InChI is InChI=1S/C30H34BN3O6S/c1-28(2)29(3,4)40-31(39-28)22-8-6-14-30(5,16-22)41(37,38)34-19-25(24-9-7-15-32-26(24)34)20-10-12-21(13-11-20)27(36)33-17-23(35)18-33/h6-13,15-16,19,23,35H,14,17-18H2,1-5H3. The van der Waals surface area contributed by atoms with Gasteiger partial charge in [-0.05, 0) is 76.3 Å².